The van der Waals surface area contributed by atoms with Crippen molar-refractivity contribution in [2.45, 2.75) is 19.3 Å². The van der Waals surface area contributed by atoms with Crippen LogP contribution in [0.5, 0.6) is 0 Å². The lowest BCUT2D eigenvalue weighted by Gasteiger charge is -2.15. The van der Waals surface area contributed by atoms with Gasteiger partial charge in [0.15, 0.2) is 4.96 Å². The van der Waals surface area contributed by atoms with Crippen LogP contribution in [0.3, 0.4) is 0 Å². The van der Waals surface area contributed by atoms with E-state index < -0.39 is 0 Å². The summed E-state index contributed by atoms with van der Waals surface area (Å²) in [6.07, 6.45) is 5.79. The van der Waals surface area contributed by atoms with E-state index in [1.807, 2.05) is 70.7 Å². The Bertz CT molecular complexity index is 1180. The van der Waals surface area contributed by atoms with Crippen LogP contribution >= 0.6 is 11.3 Å². The van der Waals surface area contributed by atoms with Crippen molar-refractivity contribution >= 4 is 39.5 Å². The third kappa shape index (κ3) is 3.71. The van der Waals surface area contributed by atoms with Crippen LogP contribution in [0.25, 0.3) is 16.2 Å². The fraction of sp³-hybridized carbons (Fsp3) is 0.174. The molecular formula is C23H20N4O2S. The van der Waals surface area contributed by atoms with Gasteiger partial charge in [-0.25, -0.2) is 4.98 Å². The molecule has 2 amide bonds. The summed E-state index contributed by atoms with van der Waals surface area (Å²) in [6, 6.07) is 15.4. The van der Waals surface area contributed by atoms with Gasteiger partial charge < -0.3 is 10.2 Å². The highest BCUT2D eigenvalue weighted by Crippen LogP contribution is 2.24. The average Bonchev–Trinajstić information content (AvgIpc) is 3.45. The molecule has 0 aliphatic carbocycles. The van der Waals surface area contributed by atoms with Gasteiger partial charge in [0.1, 0.15) is 0 Å². The van der Waals surface area contributed by atoms with Crippen molar-refractivity contribution in [1.82, 2.24) is 9.38 Å². The molecule has 0 bridgehead atoms. The van der Waals surface area contributed by atoms with Crippen LogP contribution in [-0.4, -0.2) is 27.7 Å². The van der Waals surface area contributed by atoms with E-state index in [1.165, 1.54) is 0 Å². The smallest absolute Gasteiger partial charge is 0.228 e. The molecule has 3 heterocycles. The van der Waals surface area contributed by atoms with Crippen LogP contribution in [0.15, 0.2) is 66.3 Å². The second kappa shape index (κ2) is 7.76. The number of carbonyl (C=O) groups excluding carboxylic acids is 2. The first kappa shape index (κ1) is 18.6. The molecule has 2 aromatic carbocycles. The molecule has 1 fully saturated rings. The zero-order chi connectivity index (χ0) is 20.5. The normalized spacial score (nSPS) is 13.9. The minimum atomic E-state index is -0.0738. The van der Waals surface area contributed by atoms with Crippen LogP contribution in [0.1, 0.15) is 18.4 Å². The number of fused-ring (bicyclic) bond motifs is 1. The van der Waals surface area contributed by atoms with Gasteiger partial charge in [-0.3, -0.25) is 14.0 Å². The van der Waals surface area contributed by atoms with Gasteiger partial charge in [-0.05, 0) is 36.2 Å². The largest absolute Gasteiger partial charge is 0.326 e. The molecule has 0 radical (unpaired) electrons. The monoisotopic (exact) mass is 416 g/mol. The Morgan fingerprint density at radius 3 is 2.60 bits per heavy atom. The molecule has 0 unspecified atom stereocenters. The van der Waals surface area contributed by atoms with Crippen LogP contribution in [0.4, 0.5) is 11.4 Å². The first-order valence-electron chi connectivity index (χ1n) is 9.87. The highest BCUT2D eigenvalue weighted by molar-refractivity contribution is 7.15. The van der Waals surface area contributed by atoms with Gasteiger partial charge in [-0.1, -0.05) is 24.3 Å². The zero-order valence-electron chi connectivity index (χ0n) is 16.2. The molecule has 1 N–H and O–H groups in total. The Balaban J connectivity index is 1.21. The molecule has 4 aromatic rings. The van der Waals surface area contributed by atoms with Crippen molar-refractivity contribution in [1.29, 1.82) is 0 Å². The lowest BCUT2D eigenvalue weighted by Crippen LogP contribution is -2.23. The molecule has 0 saturated carbocycles. The minimum Gasteiger partial charge on any atom is -0.326 e. The van der Waals surface area contributed by atoms with Crippen LogP contribution in [0, 0.1) is 0 Å². The van der Waals surface area contributed by atoms with Gasteiger partial charge in [0, 0.05) is 47.7 Å². The minimum absolute atomic E-state index is 0.0738. The summed E-state index contributed by atoms with van der Waals surface area (Å²) in [6.45, 7) is 0.770. The maximum absolute atomic E-state index is 12.4. The second-order valence-corrected chi connectivity index (χ2v) is 8.21. The Kier molecular flexibility index (Phi) is 4.80. The first-order valence-corrected chi connectivity index (χ1v) is 10.8. The molecule has 0 spiro atoms. The van der Waals surface area contributed by atoms with E-state index in [2.05, 4.69) is 10.3 Å². The molecule has 7 heteroatoms. The van der Waals surface area contributed by atoms with Crippen LogP contribution < -0.4 is 10.2 Å². The molecule has 30 heavy (non-hydrogen) atoms. The molecule has 6 nitrogen and oxygen atoms in total. The lowest BCUT2D eigenvalue weighted by atomic mass is 10.1. The highest BCUT2D eigenvalue weighted by atomic mass is 32.1. The Hall–Kier alpha value is -3.45. The number of nitrogens with one attached hydrogen (secondary N) is 1. The van der Waals surface area contributed by atoms with Crippen molar-refractivity contribution in [2.75, 3.05) is 16.8 Å². The number of rotatable bonds is 5. The predicted molar refractivity (Wildman–Crippen MR) is 119 cm³/mol. The van der Waals surface area contributed by atoms with E-state index in [4.69, 9.17) is 0 Å². The quantitative estimate of drug-likeness (QED) is 0.525. The average molecular weight is 417 g/mol. The van der Waals surface area contributed by atoms with Crippen molar-refractivity contribution < 1.29 is 9.59 Å². The van der Waals surface area contributed by atoms with Gasteiger partial charge in [-0.15, -0.1) is 11.3 Å². The number of aromatic nitrogens is 2. The first-order chi connectivity index (χ1) is 14.7. The Labute approximate surface area is 177 Å². The third-order valence-corrected chi connectivity index (χ3v) is 6.01. The number of anilines is 2. The number of hydrogen-bond donors (Lipinski definition) is 1. The summed E-state index contributed by atoms with van der Waals surface area (Å²) in [7, 11) is 0. The van der Waals surface area contributed by atoms with E-state index in [1.54, 1.807) is 16.2 Å². The molecule has 1 aliphatic heterocycles. The fourth-order valence-electron chi connectivity index (χ4n) is 3.70. The summed E-state index contributed by atoms with van der Waals surface area (Å²) in [5.74, 6) is 0.0922. The van der Waals surface area contributed by atoms with Crippen molar-refractivity contribution in [2.24, 2.45) is 0 Å². The summed E-state index contributed by atoms with van der Waals surface area (Å²) in [4.78, 5) is 31.6. The summed E-state index contributed by atoms with van der Waals surface area (Å²) >= 11 is 1.60. The maximum atomic E-state index is 12.4. The summed E-state index contributed by atoms with van der Waals surface area (Å²) in [5.41, 5.74) is 4.49. The van der Waals surface area contributed by atoms with Crippen LogP contribution in [-0.2, 0) is 16.0 Å². The lowest BCUT2D eigenvalue weighted by molar-refractivity contribution is -0.117. The van der Waals surface area contributed by atoms with Gasteiger partial charge in [0.25, 0.3) is 0 Å². The van der Waals surface area contributed by atoms with Gasteiger partial charge >= 0.3 is 0 Å². The predicted octanol–water partition coefficient (Wildman–Crippen LogP) is 4.37. The van der Waals surface area contributed by atoms with Gasteiger partial charge in [-0.2, -0.15) is 0 Å². The van der Waals surface area contributed by atoms with E-state index in [9.17, 15) is 9.59 Å². The molecule has 5 rings (SSSR count). The Morgan fingerprint density at radius 2 is 1.90 bits per heavy atom. The zero-order valence-corrected chi connectivity index (χ0v) is 17.1. The number of amides is 2. The molecule has 2 aromatic heterocycles. The highest BCUT2D eigenvalue weighted by Gasteiger charge is 2.21. The third-order valence-electron chi connectivity index (χ3n) is 5.24. The van der Waals surface area contributed by atoms with E-state index >= 15 is 0 Å². The number of hydrogen-bond acceptors (Lipinski definition) is 4. The summed E-state index contributed by atoms with van der Waals surface area (Å²) in [5, 5.41) is 4.94. The molecule has 150 valence electrons. The molecule has 0 atom stereocenters. The molecular weight excluding hydrogens is 396 g/mol. The van der Waals surface area contributed by atoms with Crippen molar-refractivity contribution in [3.05, 3.63) is 71.9 Å². The fourth-order valence-corrected chi connectivity index (χ4v) is 4.40. The van der Waals surface area contributed by atoms with Crippen molar-refractivity contribution in [3.63, 3.8) is 0 Å². The SMILES string of the molecule is O=C(Cc1ccc(N2CCCC2=O)cc1)Nc1ccc(-c2cn3ccsc3n2)cc1. The number of nitrogens with zero attached hydrogens (tertiary/aromatic N) is 3. The van der Waals surface area contributed by atoms with Crippen molar-refractivity contribution in [3.8, 4) is 11.3 Å². The number of carbonyl (C=O) groups is 2. The molecule has 1 saturated heterocycles. The van der Waals surface area contributed by atoms with Gasteiger partial charge in [0.05, 0.1) is 12.1 Å². The second-order valence-electron chi connectivity index (χ2n) is 7.34. The van der Waals surface area contributed by atoms with Gasteiger partial charge in [0.2, 0.25) is 11.8 Å². The summed E-state index contributed by atoms with van der Waals surface area (Å²) < 4.78 is 2.00. The standard InChI is InChI=1S/C23H20N4O2S/c28-21(14-16-3-9-19(10-4-16)27-11-1-2-22(27)29)24-18-7-5-17(6-8-18)20-15-26-12-13-30-23(26)25-20/h3-10,12-13,15H,1-2,11,14H2,(H,24,28). The van der Waals surface area contributed by atoms with E-state index in [0.29, 0.717) is 6.42 Å². The molecule has 1 aliphatic rings. The Morgan fingerprint density at radius 1 is 1.10 bits per heavy atom. The topological polar surface area (TPSA) is 66.7 Å². The number of benzene rings is 2. The van der Waals surface area contributed by atoms with E-state index in [0.717, 1.165) is 46.1 Å². The number of thiazole rings is 1. The van der Waals surface area contributed by atoms with Crippen LogP contribution in [0.2, 0.25) is 0 Å². The number of imidazole rings is 1. The maximum Gasteiger partial charge on any atom is 0.228 e. The van der Waals surface area contributed by atoms with E-state index in [-0.39, 0.29) is 18.2 Å².